The Balaban J connectivity index is 0.000000181. The number of anilines is 2. The van der Waals surface area contributed by atoms with Crippen LogP contribution >= 0.6 is 0 Å². The van der Waals surface area contributed by atoms with Crippen LogP contribution in [0.5, 0.6) is 0 Å². The van der Waals surface area contributed by atoms with Gasteiger partial charge in [0.25, 0.3) is 0 Å². The molecule has 0 aromatic heterocycles. The van der Waals surface area contributed by atoms with Gasteiger partial charge in [-0.2, -0.15) is 5.26 Å². The van der Waals surface area contributed by atoms with Crippen molar-refractivity contribution in [2.45, 2.75) is 0 Å². The quantitative estimate of drug-likeness (QED) is 0.681. The molecule has 0 fully saturated rings. The first-order valence-electron chi connectivity index (χ1n) is 4.89. The van der Waals surface area contributed by atoms with E-state index in [-0.39, 0.29) is 5.56 Å². The molecule has 0 spiro atoms. The number of hydrogen-bond acceptors (Lipinski definition) is 3. The molecule has 17 heavy (non-hydrogen) atoms. The Hall–Kier alpha value is -2.54. The van der Waals surface area contributed by atoms with E-state index < -0.39 is 5.82 Å². The van der Waals surface area contributed by atoms with Crippen molar-refractivity contribution in [2.24, 2.45) is 0 Å². The second-order valence-corrected chi connectivity index (χ2v) is 3.26. The summed E-state index contributed by atoms with van der Waals surface area (Å²) in [6, 6.07) is 15.1. The van der Waals surface area contributed by atoms with E-state index in [4.69, 9.17) is 16.7 Å². The number of benzene rings is 2. The lowest BCUT2D eigenvalue weighted by Gasteiger charge is -1.93. The van der Waals surface area contributed by atoms with Gasteiger partial charge in [-0.15, -0.1) is 0 Å². The average Bonchev–Trinajstić information content (AvgIpc) is 2.31. The van der Waals surface area contributed by atoms with Gasteiger partial charge in [0, 0.05) is 11.4 Å². The van der Waals surface area contributed by atoms with Gasteiger partial charge in [0.15, 0.2) is 0 Å². The Morgan fingerprint density at radius 3 is 2.00 bits per heavy atom. The highest BCUT2D eigenvalue weighted by Crippen LogP contribution is 2.09. The monoisotopic (exact) mass is 229 g/mol. The molecule has 3 nitrogen and oxygen atoms in total. The smallest absolute Gasteiger partial charge is 0.142 e. The molecular weight excluding hydrogens is 217 g/mol. The molecule has 0 heterocycles. The number of halogens is 1. The van der Waals surface area contributed by atoms with Crippen LogP contribution in [0, 0.1) is 17.1 Å². The zero-order valence-corrected chi connectivity index (χ0v) is 9.10. The molecule has 0 aliphatic heterocycles. The summed E-state index contributed by atoms with van der Waals surface area (Å²) in [4.78, 5) is 0. The maximum absolute atomic E-state index is 12.5. The molecular formula is C13H12FN3. The van der Waals surface area contributed by atoms with Crippen molar-refractivity contribution >= 4 is 11.4 Å². The van der Waals surface area contributed by atoms with Crippen molar-refractivity contribution in [3.63, 3.8) is 0 Å². The Bertz CT molecular complexity index is 518. The summed E-state index contributed by atoms with van der Waals surface area (Å²) in [5.74, 6) is -0.567. The third kappa shape index (κ3) is 4.22. The molecule has 2 aromatic carbocycles. The highest BCUT2D eigenvalue weighted by atomic mass is 19.1. The summed E-state index contributed by atoms with van der Waals surface area (Å²) in [7, 11) is 0. The van der Waals surface area contributed by atoms with Gasteiger partial charge in [-0.3, -0.25) is 0 Å². The van der Waals surface area contributed by atoms with E-state index in [9.17, 15) is 4.39 Å². The van der Waals surface area contributed by atoms with Gasteiger partial charge in [0.1, 0.15) is 11.9 Å². The largest absolute Gasteiger partial charge is 0.399 e. The Morgan fingerprint density at radius 2 is 1.59 bits per heavy atom. The number of hydrogen-bond donors (Lipinski definition) is 2. The second-order valence-electron chi connectivity index (χ2n) is 3.26. The number of nitrogens with zero attached hydrogens (tertiary/aromatic N) is 1. The van der Waals surface area contributed by atoms with E-state index in [0.717, 1.165) is 11.8 Å². The van der Waals surface area contributed by atoms with Crippen molar-refractivity contribution in [1.29, 1.82) is 5.26 Å². The van der Waals surface area contributed by atoms with E-state index in [1.165, 1.54) is 12.1 Å². The molecule has 0 saturated carbocycles. The van der Waals surface area contributed by atoms with Crippen LogP contribution in [0.4, 0.5) is 15.8 Å². The Kier molecular flexibility index (Phi) is 4.52. The normalized spacial score (nSPS) is 8.71. The van der Waals surface area contributed by atoms with Crippen LogP contribution in [0.1, 0.15) is 5.56 Å². The van der Waals surface area contributed by atoms with Crippen LogP contribution < -0.4 is 11.5 Å². The number of nitrogens with two attached hydrogens (primary N) is 2. The molecule has 4 N–H and O–H groups in total. The number of rotatable bonds is 0. The fourth-order valence-corrected chi connectivity index (χ4v) is 1.08. The summed E-state index contributed by atoms with van der Waals surface area (Å²) in [6.45, 7) is 0. The topological polar surface area (TPSA) is 75.8 Å². The molecule has 86 valence electrons. The first kappa shape index (κ1) is 12.5. The van der Waals surface area contributed by atoms with Gasteiger partial charge in [-0.1, -0.05) is 18.2 Å². The van der Waals surface area contributed by atoms with Crippen LogP contribution in [-0.2, 0) is 0 Å². The average molecular weight is 229 g/mol. The van der Waals surface area contributed by atoms with Crippen LogP contribution in [0.15, 0.2) is 48.5 Å². The van der Waals surface area contributed by atoms with Crippen molar-refractivity contribution in [1.82, 2.24) is 0 Å². The first-order chi connectivity index (χ1) is 8.13. The summed E-state index contributed by atoms with van der Waals surface area (Å²) in [5, 5.41) is 8.28. The van der Waals surface area contributed by atoms with E-state index in [1.807, 2.05) is 30.3 Å². The summed E-state index contributed by atoms with van der Waals surface area (Å²) >= 11 is 0. The molecule has 0 aliphatic rings. The number of nitriles is 1. The number of para-hydroxylation sites is 1. The van der Waals surface area contributed by atoms with Crippen LogP contribution in [0.25, 0.3) is 0 Å². The molecule has 2 rings (SSSR count). The van der Waals surface area contributed by atoms with Crippen molar-refractivity contribution < 1.29 is 4.39 Å². The molecule has 2 aromatic rings. The lowest BCUT2D eigenvalue weighted by molar-refractivity contribution is 0.624. The van der Waals surface area contributed by atoms with E-state index in [1.54, 1.807) is 6.07 Å². The Morgan fingerprint density at radius 1 is 0.941 bits per heavy atom. The zero-order valence-electron chi connectivity index (χ0n) is 9.10. The minimum atomic E-state index is -0.567. The summed E-state index contributed by atoms with van der Waals surface area (Å²) < 4.78 is 12.5. The van der Waals surface area contributed by atoms with Crippen molar-refractivity contribution in [3.05, 3.63) is 59.9 Å². The molecule has 4 heteroatoms. The second kappa shape index (κ2) is 6.13. The molecule has 0 bridgehead atoms. The molecule has 0 amide bonds. The van der Waals surface area contributed by atoms with Gasteiger partial charge >= 0.3 is 0 Å². The molecule has 0 radical (unpaired) electrons. The van der Waals surface area contributed by atoms with E-state index >= 15 is 0 Å². The minimum absolute atomic E-state index is 0.0224. The van der Waals surface area contributed by atoms with E-state index in [0.29, 0.717) is 5.69 Å². The summed E-state index contributed by atoms with van der Waals surface area (Å²) in [5.41, 5.74) is 11.8. The predicted octanol–water partition coefficient (Wildman–Crippen LogP) is 2.55. The molecule has 0 aliphatic carbocycles. The maximum Gasteiger partial charge on any atom is 0.142 e. The van der Waals surface area contributed by atoms with E-state index in [2.05, 4.69) is 0 Å². The zero-order chi connectivity index (χ0) is 12.7. The van der Waals surface area contributed by atoms with Crippen LogP contribution in [0.3, 0.4) is 0 Å². The van der Waals surface area contributed by atoms with Crippen molar-refractivity contribution in [3.8, 4) is 6.07 Å². The highest BCUT2D eigenvalue weighted by Gasteiger charge is 1.98. The lowest BCUT2D eigenvalue weighted by Crippen LogP contribution is -1.88. The minimum Gasteiger partial charge on any atom is -0.399 e. The highest BCUT2D eigenvalue weighted by molar-refractivity contribution is 5.44. The fourth-order valence-electron chi connectivity index (χ4n) is 1.08. The van der Waals surface area contributed by atoms with Gasteiger partial charge in [0.05, 0.1) is 5.56 Å². The van der Waals surface area contributed by atoms with Gasteiger partial charge in [-0.05, 0) is 30.3 Å². The molecule has 0 unspecified atom stereocenters. The van der Waals surface area contributed by atoms with Gasteiger partial charge in [-0.25, -0.2) is 4.39 Å². The van der Waals surface area contributed by atoms with Gasteiger partial charge < -0.3 is 11.5 Å². The molecule has 0 saturated heterocycles. The van der Waals surface area contributed by atoms with Crippen LogP contribution in [-0.4, -0.2) is 0 Å². The van der Waals surface area contributed by atoms with Crippen molar-refractivity contribution in [2.75, 3.05) is 11.5 Å². The molecule has 0 atom stereocenters. The SMILES string of the molecule is N#Cc1ccc(N)cc1F.Nc1ccccc1. The van der Waals surface area contributed by atoms with Crippen LogP contribution in [0.2, 0.25) is 0 Å². The summed E-state index contributed by atoms with van der Waals surface area (Å²) in [6.07, 6.45) is 0. The Labute approximate surface area is 99.1 Å². The standard InChI is InChI=1S/C7H5FN2.C6H7N/c8-7-3-6(10)2-1-5(7)4-9;7-6-4-2-1-3-5-6/h1-3H,10H2;1-5H,7H2. The third-order valence-corrected chi connectivity index (χ3v) is 1.91. The fraction of sp³-hybridized carbons (Fsp3) is 0. The lowest BCUT2D eigenvalue weighted by atomic mass is 10.2. The first-order valence-corrected chi connectivity index (χ1v) is 4.89. The predicted molar refractivity (Wildman–Crippen MR) is 66.4 cm³/mol. The maximum atomic E-state index is 12.5. The number of nitrogen functional groups attached to an aromatic ring is 2. The van der Waals surface area contributed by atoms with Gasteiger partial charge in [0.2, 0.25) is 0 Å². The third-order valence-electron chi connectivity index (χ3n) is 1.91.